The summed E-state index contributed by atoms with van der Waals surface area (Å²) in [4.78, 5) is 25.6. The second-order valence-corrected chi connectivity index (χ2v) is 6.20. The molecule has 2 aromatic rings. The molecule has 0 radical (unpaired) electrons. The maximum Gasteiger partial charge on any atom is 0.335 e. The van der Waals surface area contributed by atoms with Crippen molar-refractivity contribution in [2.24, 2.45) is 0 Å². The van der Waals surface area contributed by atoms with Gasteiger partial charge < -0.3 is 10.0 Å². The van der Waals surface area contributed by atoms with Crippen LogP contribution in [-0.2, 0) is 11.2 Å². The molecule has 1 heterocycles. The van der Waals surface area contributed by atoms with Gasteiger partial charge in [0.1, 0.15) is 0 Å². The molecule has 0 bridgehead atoms. The van der Waals surface area contributed by atoms with Gasteiger partial charge in [-0.2, -0.15) is 0 Å². The standard InChI is InChI=1S/C20H21NO3/c22-19(14-17-8-4-5-9-18(17)20(23)24)21-12-10-16(11-13-21)15-6-2-1-3-7-15/h1-9,16H,10-14H2,(H,23,24). The predicted molar refractivity (Wildman–Crippen MR) is 92.1 cm³/mol. The number of carbonyl (C=O) groups excluding carboxylic acids is 1. The molecule has 3 rings (SSSR count). The van der Waals surface area contributed by atoms with Crippen molar-refractivity contribution in [1.82, 2.24) is 4.90 Å². The first kappa shape index (κ1) is 16.2. The van der Waals surface area contributed by atoms with E-state index < -0.39 is 5.97 Å². The number of piperidine rings is 1. The first-order valence-electron chi connectivity index (χ1n) is 8.29. The van der Waals surface area contributed by atoms with Crippen molar-refractivity contribution >= 4 is 11.9 Å². The normalized spacial score (nSPS) is 15.2. The van der Waals surface area contributed by atoms with E-state index in [4.69, 9.17) is 0 Å². The number of nitrogens with zero attached hydrogens (tertiary/aromatic N) is 1. The zero-order valence-corrected chi connectivity index (χ0v) is 13.5. The van der Waals surface area contributed by atoms with Crippen LogP contribution in [0.1, 0.15) is 40.2 Å². The van der Waals surface area contributed by atoms with E-state index in [0.29, 0.717) is 11.5 Å². The smallest absolute Gasteiger partial charge is 0.335 e. The molecule has 1 fully saturated rings. The highest BCUT2D eigenvalue weighted by atomic mass is 16.4. The maximum atomic E-state index is 12.5. The van der Waals surface area contributed by atoms with Gasteiger partial charge in [-0.25, -0.2) is 4.79 Å². The summed E-state index contributed by atoms with van der Waals surface area (Å²) >= 11 is 0. The molecule has 2 aromatic carbocycles. The summed E-state index contributed by atoms with van der Waals surface area (Å²) in [6.45, 7) is 1.46. The van der Waals surface area contributed by atoms with Crippen molar-refractivity contribution in [1.29, 1.82) is 0 Å². The molecular weight excluding hydrogens is 302 g/mol. The SMILES string of the molecule is O=C(O)c1ccccc1CC(=O)N1CCC(c2ccccc2)CC1. The first-order valence-corrected chi connectivity index (χ1v) is 8.29. The summed E-state index contributed by atoms with van der Waals surface area (Å²) in [5.74, 6) is -0.474. The van der Waals surface area contributed by atoms with Crippen molar-refractivity contribution in [2.45, 2.75) is 25.2 Å². The second kappa shape index (κ2) is 7.30. The van der Waals surface area contributed by atoms with Gasteiger partial charge in [0.25, 0.3) is 0 Å². The third kappa shape index (κ3) is 3.65. The highest BCUT2D eigenvalue weighted by Crippen LogP contribution is 2.28. The molecule has 0 atom stereocenters. The van der Waals surface area contributed by atoms with E-state index in [1.54, 1.807) is 24.3 Å². The quantitative estimate of drug-likeness (QED) is 0.939. The van der Waals surface area contributed by atoms with Gasteiger partial charge in [0.05, 0.1) is 12.0 Å². The molecule has 1 amide bonds. The Labute approximate surface area is 141 Å². The lowest BCUT2D eigenvalue weighted by molar-refractivity contribution is -0.131. The molecule has 0 aliphatic carbocycles. The van der Waals surface area contributed by atoms with Crippen LogP contribution in [0.2, 0.25) is 0 Å². The van der Waals surface area contributed by atoms with Gasteiger partial charge in [-0.1, -0.05) is 48.5 Å². The van der Waals surface area contributed by atoms with Crippen LogP contribution in [0.15, 0.2) is 54.6 Å². The Kier molecular flexibility index (Phi) is 4.94. The van der Waals surface area contributed by atoms with Gasteiger partial charge in [0, 0.05) is 13.1 Å². The number of likely N-dealkylation sites (tertiary alicyclic amines) is 1. The fraction of sp³-hybridized carbons (Fsp3) is 0.300. The van der Waals surface area contributed by atoms with E-state index in [1.807, 2.05) is 11.0 Å². The third-order valence-corrected chi connectivity index (χ3v) is 4.71. The zero-order chi connectivity index (χ0) is 16.9. The van der Waals surface area contributed by atoms with Crippen LogP contribution in [0, 0.1) is 0 Å². The van der Waals surface area contributed by atoms with E-state index in [0.717, 1.165) is 25.9 Å². The van der Waals surface area contributed by atoms with Gasteiger partial charge >= 0.3 is 5.97 Å². The largest absolute Gasteiger partial charge is 0.478 e. The molecule has 1 saturated heterocycles. The van der Waals surface area contributed by atoms with Crippen LogP contribution in [0.5, 0.6) is 0 Å². The molecule has 4 heteroatoms. The number of amides is 1. The number of aromatic carboxylic acids is 1. The molecule has 124 valence electrons. The first-order chi connectivity index (χ1) is 11.6. The molecule has 4 nitrogen and oxygen atoms in total. The third-order valence-electron chi connectivity index (χ3n) is 4.71. The van der Waals surface area contributed by atoms with Crippen molar-refractivity contribution in [2.75, 3.05) is 13.1 Å². The van der Waals surface area contributed by atoms with Crippen molar-refractivity contribution < 1.29 is 14.7 Å². The topological polar surface area (TPSA) is 57.6 Å². The minimum absolute atomic E-state index is 0.00946. The van der Waals surface area contributed by atoms with E-state index in [2.05, 4.69) is 24.3 Å². The summed E-state index contributed by atoms with van der Waals surface area (Å²) in [6, 6.07) is 17.1. The van der Waals surface area contributed by atoms with Gasteiger partial charge in [-0.15, -0.1) is 0 Å². The molecule has 0 spiro atoms. The molecule has 0 unspecified atom stereocenters. The molecule has 1 N–H and O–H groups in total. The summed E-state index contributed by atoms with van der Waals surface area (Å²) in [5.41, 5.74) is 2.13. The predicted octanol–water partition coefficient (Wildman–Crippen LogP) is 3.33. The van der Waals surface area contributed by atoms with Gasteiger partial charge in [0.2, 0.25) is 5.91 Å². The lowest BCUT2D eigenvalue weighted by atomic mass is 9.89. The summed E-state index contributed by atoms with van der Waals surface area (Å²) in [5, 5.41) is 9.22. The lowest BCUT2D eigenvalue weighted by Crippen LogP contribution is -2.39. The Morgan fingerprint density at radius 2 is 1.58 bits per heavy atom. The van der Waals surface area contributed by atoms with Crippen molar-refractivity contribution in [3.63, 3.8) is 0 Å². The Balaban J connectivity index is 1.61. The Morgan fingerprint density at radius 1 is 0.958 bits per heavy atom. The minimum atomic E-state index is -0.985. The van der Waals surface area contributed by atoms with E-state index in [-0.39, 0.29) is 17.9 Å². The van der Waals surface area contributed by atoms with Crippen LogP contribution >= 0.6 is 0 Å². The van der Waals surface area contributed by atoms with Crippen LogP contribution in [-0.4, -0.2) is 35.0 Å². The highest BCUT2D eigenvalue weighted by molar-refractivity contribution is 5.91. The zero-order valence-electron chi connectivity index (χ0n) is 13.5. The van der Waals surface area contributed by atoms with Gasteiger partial charge in [-0.3, -0.25) is 4.79 Å². The Bertz CT molecular complexity index is 719. The van der Waals surface area contributed by atoms with E-state index in [1.165, 1.54) is 5.56 Å². The Hall–Kier alpha value is -2.62. The molecule has 1 aliphatic heterocycles. The van der Waals surface area contributed by atoms with Crippen molar-refractivity contribution in [3.05, 3.63) is 71.3 Å². The number of carboxylic acid groups (broad SMARTS) is 1. The fourth-order valence-electron chi connectivity index (χ4n) is 3.35. The molecule has 1 aliphatic rings. The number of hydrogen-bond acceptors (Lipinski definition) is 2. The number of rotatable bonds is 4. The molecule has 0 aromatic heterocycles. The number of carboxylic acids is 1. The number of hydrogen-bond donors (Lipinski definition) is 1. The summed E-state index contributed by atoms with van der Waals surface area (Å²) < 4.78 is 0. The van der Waals surface area contributed by atoms with E-state index >= 15 is 0 Å². The lowest BCUT2D eigenvalue weighted by Gasteiger charge is -2.32. The van der Waals surface area contributed by atoms with Crippen LogP contribution in [0.4, 0.5) is 0 Å². The number of benzene rings is 2. The second-order valence-electron chi connectivity index (χ2n) is 6.20. The van der Waals surface area contributed by atoms with Crippen molar-refractivity contribution in [3.8, 4) is 0 Å². The van der Waals surface area contributed by atoms with Crippen LogP contribution < -0.4 is 0 Å². The Morgan fingerprint density at radius 3 is 2.25 bits per heavy atom. The minimum Gasteiger partial charge on any atom is -0.478 e. The van der Waals surface area contributed by atoms with Gasteiger partial charge in [0.15, 0.2) is 0 Å². The monoisotopic (exact) mass is 323 g/mol. The average molecular weight is 323 g/mol. The summed E-state index contributed by atoms with van der Waals surface area (Å²) in [6.07, 6.45) is 2.06. The van der Waals surface area contributed by atoms with Gasteiger partial charge in [-0.05, 0) is 36.0 Å². The van der Waals surface area contributed by atoms with E-state index in [9.17, 15) is 14.7 Å². The molecular formula is C20H21NO3. The highest BCUT2D eigenvalue weighted by Gasteiger charge is 2.24. The maximum absolute atomic E-state index is 12.5. The molecule has 24 heavy (non-hydrogen) atoms. The fourth-order valence-corrected chi connectivity index (χ4v) is 3.35. The summed E-state index contributed by atoms with van der Waals surface area (Å²) in [7, 11) is 0. The number of carbonyl (C=O) groups is 2. The molecule has 0 saturated carbocycles. The van der Waals surface area contributed by atoms with Crippen LogP contribution in [0.3, 0.4) is 0 Å². The average Bonchev–Trinajstić information content (AvgIpc) is 2.63. The van der Waals surface area contributed by atoms with Crippen LogP contribution in [0.25, 0.3) is 0 Å².